The summed E-state index contributed by atoms with van der Waals surface area (Å²) in [5.41, 5.74) is -0.0751. The smallest absolute Gasteiger partial charge is 0.196 e. The van der Waals surface area contributed by atoms with Crippen LogP contribution in [0.2, 0.25) is 0 Å². The zero-order valence-electron chi connectivity index (χ0n) is 13.1. The monoisotopic (exact) mass is 291 g/mol. The number of carbonyl (C=O) groups is 1. The molecule has 1 fully saturated rings. The fraction of sp³-hybridized carbons (Fsp3) is 0.647. The second-order valence-corrected chi connectivity index (χ2v) is 5.51. The van der Waals surface area contributed by atoms with Crippen molar-refractivity contribution in [1.82, 2.24) is 4.98 Å². The highest BCUT2D eigenvalue weighted by atomic mass is 16.5. The molecule has 1 heterocycles. The number of hydrogen-bond acceptors (Lipinski definition) is 4. The fourth-order valence-electron chi connectivity index (χ4n) is 3.06. The number of ether oxygens (including phenoxy) is 2. The van der Waals surface area contributed by atoms with Crippen molar-refractivity contribution in [3.63, 3.8) is 0 Å². The lowest BCUT2D eigenvalue weighted by Crippen LogP contribution is -2.41. The molecule has 0 aromatic carbocycles. The largest absolute Gasteiger partial charge is 0.492 e. The third-order valence-corrected chi connectivity index (χ3v) is 4.03. The molecule has 4 heteroatoms. The third-order valence-electron chi connectivity index (χ3n) is 4.03. The SMILES string of the molecule is CCOc1cncc(C(=O)C2(OCC)CCCCCC2)c1. The summed E-state index contributed by atoms with van der Waals surface area (Å²) >= 11 is 0. The van der Waals surface area contributed by atoms with Crippen LogP contribution in [0.5, 0.6) is 5.75 Å². The number of carbonyl (C=O) groups excluding carboxylic acids is 1. The van der Waals surface area contributed by atoms with Gasteiger partial charge in [0.05, 0.1) is 12.8 Å². The lowest BCUT2D eigenvalue weighted by Gasteiger charge is -2.31. The highest BCUT2D eigenvalue weighted by Crippen LogP contribution is 2.34. The van der Waals surface area contributed by atoms with Crippen molar-refractivity contribution in [1.29, 1.82) is 0 Å². The number of rotatable bonds is 6. The summed E-state index contributed by atoms with van der Waals surface area (Å²) in [5, 5.41) is 0. The lowest BCUT2D eigenvalue weighted by atomic mass is 9.86. The number of nitrogens with zero attached hydrogens (tertiary/aromatic N) is 1. The quantitative estimate of drug-likeness (QED) is 0.591. The van der Waals surface area contributed by atoms with Crippen LogP contribution in [0.25, 0.3) is 0 Å². The molecule has 116 valence electrons. The summed E-state index contributed by atoms with van der Waals surface area (Å²) in [6, 6.07) is 1.78. The molecule has 1 aliphatic carbocycles. The minimum atomic E-state index is -0.669. The normalized spacial score (nSPS) is 18.0. The molecule has 0 unspecified atom stereocenters. The first kappa shape index (κ1) is 16.0. The summed E-state index contributed by atoms with van der Waals surface area (Å²) in [6.45, 7) is 5.00. The Labute approximate surface area is 126 Å². The highest BCUT2D eigenvalue weighted by molar-refractivity contribution is 6.02. The van der Waals surface area contributed by atoms with E-state index in [0.717, 1.165) is 25.7 Å². The molecule has 0 amide bonds. The fourth-order valence-corrected chi connectivity index (χ4v) is 3.06. The van der Waals surface area contributed by atoms with E-state index in [9.17, 15) is 4.79 Å². The van der Waals surface area contributed by atoms with E-state index in [2.05, 4.69) is 4.98 Å². The Morgan fingerprint density at radius 1 is 1.14 bits per heavy atom. The van der Waals surface area contributed by atoms with Gasteiger partial charge in [0.1, 0.15) is 11.4 Å². The summed E-state index contributed by atoms with van der Waals surface area (Å²) in [6.07, 6.45) is 9.32. The molecular formula is C17H25NO3. The topological polar surface area (TPSA) is 48.4 Å². The zero-order chi connectivity index (χ0) is 15.1. The van der Waals surface area contributed by atoms with Gasteiger partial charge >= 0.3 is 0 Å². The van der Waals surface area contributed by atoms with Gasteiger partial charge in [-0.15, -0.1) is 0 Å². The molecule has 0 saturated heterocycles. The first-order valence-electron chi connectivity index (χ1n) is 7.98. The molecule has 0 bridgehead atoms. The van der Waals surface area contributed by atoms with Crippen molar-refractivity contribution in [3.05, 3.63) is 24.0 Å². The first-order chi connectivity index (χ1) is 10.2. The van der Waals surface area contributed by atoms with Crippen LogP contribution in [0.3, 0.4) is 0 Å². The van der Waals surface area contributed by atoms with Crippen molar-refractivity contribution >= 4 is 5.78 Å². The molecule has 21 heavy (non-hydrogen) atoms. The van der Waals surface area contributed by atoms with E-state index in [1.807, 2.05) is 13.8 Å². The van der Waals surface area contributed by atoms with Gasteiger partial charge in [-0.3, -0.25) is 9.78 Å². The van der Waals surface area contributed by atoms with Gasteiger partial charge < -0.3 is 9.47 Å². The van der Waals surface area contributed by atoms with Gasteiger partial charge in [0.25, 0.3) is 0 Å². The predicted octanol–water partition coefficient (Wildman–Crippen LogP) is 3.79. The maximum Gasteiger partial charge on any atom is 0.196 e. The Morgan fingerprint density at radius 3 is 2.48 bits per heavy atom. The van der Waals surface area contributed by atoms with Crippen molar-refractivity contribution in [3.8, 4) is 5.75 Å². The van der Waals surface area contributed by atoms with Gasteiger partial charge in [0, 0.05) is 18.4 Å². The maximum atomic E-state index is 13.0. The van der Waals surface area contributed by atoms with E-state index >= 15 is 0 Å². The van der Waals surface area contributed by atoms with Crippen molar-refractivity contribution in [2.75, 3.05) is 13.2 Å². The summed E-state index contributed by atoms with van der Waals surface area (Å²) < 4.78 is 11.4. The van der Waals surface area contributed by atoms with Crippen molar-refractivity contribution in [2.24, 2.45) is 0 Å². The predicted molar refractivity (Wildman–Crippen MR) is 81.8 cm³/mol. The van der Waals surface area contributed by atoms with E-state index in [0.29, 0.717) is 24.5 Å². The van der Waals surface area contributed by atoms with Crippen LogP contribution in [-0.4, -0.2) is 29.6 Å². The molecule has 2 rings (SSSR count). The standard InChI is InChI=1S/C17H25NO3/c1-3-20-15-11-14(12-18-13-15)16(19)17(21-4-2)9-7-5-6-8-10-17/h11-13H,3-10H2,1-2H3. The molecule has 0 atom stereocenters. The first-order valence-corrected chi connectivity index (χ1v) is 7.98. The van der Waals surface area contributed by atoms with Crippen LogP contribution in [0.4, 0.5) is 0 Å². The molecular weight excluding hydrogens is 266 g/mol. The Balaban J connectivity index is 2.26. The Bertz CT molecular complexity index is 465. The van der Waals surface area contributed by atoms with E-state index in [1.165, 1.54) is 12.8 Å². The summed E-state index contributed by atoms with van der Waals surface area (Å²) in [7, 11) is 0. The molecule has 0 aliphatic heterocycles. The van der Waals surface area contributed by atoms with Gasteiger partial charge in [-0.25, -0.2) is 0 Å². The van der Waals surface area contributed by atoms with Crippen molar-refractivity contribution < 1.29 is 14.3 Å². The second kappa shape index (κ2) is 7.55. The maximum absolute atomic E-state index is 13.0. The minimum Gasteiger partial charge on any atom is -0.492 e. The molecule has 4 nitrogen and oxygen atoms in total. The zero-order valence-corrected chi connectivity index (χ0v) is 13.1. The van der Waals surface area contributed by atoms with Gasteiger partial charge in [-0.2, -0.15) is 0 Å². The van der Waals surface area contributed by atoms with E-state index < -0.39 is 5.60 Å². The lowest BCUT2D eigenvalue weighted by molar-refractivity contribution is -0.0292. The van der Waals surface area contributed by atoms with Gasteiger partial charge in [-0.05, 0) is 32.8 Å². The van der Waals surface area contributed by atoms with E-state index in [4.69, 9.17) is 9.47 Å². The van der Waals surface area contributed by atoms with Crippen LogP contribution in [-0.2, 0) is 4.74 Å². The number of hydrogen-bond donors (Lipinski definition) is 0. The third kappa shape index (κ3) is 3.82. The molecule has 1 aromatic heterocycles. The van der Waals surface area contributed by atoms with Gasteiger partial charge in [0.2, 0.25) is 0 Å². The van der Waals surface area contributed by atoms with Crippen molar-refractivity contribution in [2.45, 2.75) is 58.0 Å². The Morgan fingerprint density at radius 2 is 1.86 bits per heavy atom. The molecule has 1 aromatic rings. The second-order valence-electron chi connectivity index (χ2n) is 5.51. The van der Waals surface area contributed by atoms with E-state index in [1.54, 1.807) is 18.5 Å². The van der Waals surface area contributed by atoms with E-state index in [-0.39, 0.29) is 5.78 Å². The average Bonchev–Trinajstić information content (AvgIpc) is 2.74. The van der Waals surface area contributed by atoms with Gasteiger partial charge in [-0.1, -0.05) is 25.7 Å². The molecule has 1 aliphatic rings. The Hall–Kier alpha value is -1.42. The number of Topliss-reactive ketones (excluding diaryl/α,β-unsaturated/α-hetero) is 1. The molecule has 0 spiro atoms. The Kier molecular flexibility index (Phi) is 5.74. The van der Waals surface area contributed by atoms with Crippen LogP contribution in [0.15, 0.2) is 18.5 Å². The average molecular weight is 291 g/mol. The van der Waals surface area contributed by atoms with Crippen LogP contribution in [0.1, 0.15) is 62.7 Å². The molecule has 1 saturated carbocycles. The number of ketones is 1. The molecule has 0 N–H and O–H groups in total. The summed E-state index contributed by atoms with van der Waals surface area (Å²) in [4.78, 5) is 17.1. The number of pyridine rings is 1. The highest BCUT2D eigenvalue weighted by Gasteiger charge is 2.39. The van der Waals surface area contributed by atoms with Crippen LogP contribution >= 0.6 is 0 Å². The molecule has 0 radical (unpaired) electrons. The van der Waals surface area contributed by atoms with Crippen LogP contribution < -0.4 is 4.74 Å². The minimum absolute atomic E-state index is 0.0558. The summed E-state index contributed by atoms with van der Waals surface area (Å²) in [5.74, 6) is 0.698. The van der Waals surface area contributed by atoms with Gasteiger partial charge in [0.15, 0.2) is 5.78 Å². The number of aromatic nitrogens is 1. The van der Waals surface area contributed by atoms with Crippen LogP contribution in [0, 0.1) is 0 Å².